The Hall–Kier alpha value is -4.00. The van der Waals surface area contributed by atoms with Gasteiger partial charge < -0.3 is 10.1 Å². The van der Waals surface area contributed by atoms with Crippen LogP contribution in [0.1, 0.15) is 28.4 Å². The van der Waals surface area contributed by atoms with Gasteiger partial charge in [0.25, 0.3) is 5.91 Å². The first-order chi connectivity index (χ1) is 14.5. The summed E-state index contributed by atoms with van der Waals surface area (Å²) in [6.07, 6.45) is 1.48. The van der Waals surface area contributed by atoms with Crippen LogP contribution in [-0.2, 0) is 11.4 Å². The van der Waals surface area contributed by atoms with Crippen molar-refractivity contribution in [1.82, 2.24) is 5.43 Å². The minimum absolute atomic E-state index is 0.220. The molecule has 3 aromatic rings. The van der Waals surface area contributed by atoms with Crippen molar-refractivity contribution in [3.05, 3.63) is 95.3 Å². The van der Waals surface area contributed by atoms with Gasteiger partial charge >= 0.3 is 0 Å². The number of rotatable bonds is 7. The highest BCUT2D eigenvalue weighted by atomic mass is 19.1. The maximum Gasteiger partial charge on any atom is 0.271 e. The number of carbonyl (C=O) groups is 2. The molecule has 2 amide bonds. The van der Waals surface area contributed by atoms with Crippen molar-refractivity contribution in [2.75, 3.05) is 5.32 Å². The molecule has 7 heteroatoms. The van der Waals surface area contributed by atoms with Crippen molar-refractivity contribution in [2.45, 2.75) is 13.5 Å². The molecule has 0 fully saturated rings. The van der Waals surface area contributed by atoms with Crippen LogP contribution in [0, 0.1) is 5.82 Å². The van der Waals surface area contributed by atoms with E-state index in [1.54, 1.807) is 48.5 Å². The molecule has 0 aromatic heterocycles. The third-order valence-corrected chi connectivity index (χ3v) is 4.04. The topological polar surface area (TPSA) is 79.8 Å². The van der Waals surface area contributed by atoms with Gasteiger partial charge in [0, 0.05) is 23.7 Å². The average molecular weight is 405 g/mol. The largest absolute Gasteiger partial charge is 0.488 e. The number of anilines is 1. The van der Waals surface area contributed by atoms with Gasteiger partial charge in [0.1, 0.15) is 18.2 Å². The highest BCUT2D eigenvalue weighted by molar-refractivity contribution is 5.97. The minimum Gasteiger partial charge on any atom is -0.488 e. The Bertz CT molecular complexity index is 1070. The summed E-state index contributed by atoms with van der Waals surface area (Å²) in [5, 5.41) is 6.62. The molecule has 0 unspecified atom stereocenters. The third kappa shape index (κ3) is 6.00. The number of nitrogens with zero attached hydrogens (tertiary/aromatic N) is 1. The minimum atomic E-state index is -0.414. The summed E-state index contributed by atoms with van der Waals surface area (Å²) in [7, 11) is 0. The second-order valence-electron chi connectivity index (χ2n) is 6.41. The van der Waals surface area contributed by atoms with Gasteiger partial charge in [-0.3, -0.25) is 9.59 Å². The molecule has 3 aromatic carbocycles. The Labute approximate surface area is 173 Å². The van der Waals surface area contributed by atoms with Crippen LogP contribution in [0.5, 0.6) is 5.75 Å². The lowest BCUT2D eigenvalue weighted by molar-refractivity contribution is -0.114. The fourth-order valence-corrected chi connectivity index (χ4v) is 2.63. The molecule has 0 aliphatic heterocycles. The predicted octanol–water partition coefficient (Wildman–Crippen LogP) is 4.13. The number of amides is 2. The molecule has 0 heterocycles. The lowest BCUT2D eigenvalue weighted by Gasteiger charge is -2.09. The predicted molar refractivity (Wildman–Crippen MR) is 113 cm³/mol. The molecule has 0 spiro atoms. The van der Waals surface area contributed by atoms with E-state index < -0.39 is 5.91 Å². The van der Waals surface area contributed by atoms with Crippen LogP contribution in [0.15, 0.2) is 77.9 Å². The van der Waals surface area contributed by atoms with Gasteiger partial charge in [-0.05, 0) is 48.0 Å². The van der Waals surface area contributed by atoms with Gasteiger partial charge in [-0.25, -0.2) is 9.82 Å². The average Bonchev–Trinajstić information content (AvgIpc) is 2.74. The highest BCUT2D eigenvalue weighted by Gasteiger charge is 2.06. The molecule has 30 heavy (non-hydrogen) atoms. The number of hydrogen-bond acceptors (Lipinski definition) is 4. The molecule has 0 aliphatic carbocycles. The fraction of sp³-hybridized carbons (Fsp3) is 0.0870. The van der Waals surface area contributed by atoms with E-state index in [2.05, 4.69) is 15.8 Å². The second kappa shape index (κ2) is 9.97. The zero-order valence-electron chi connectivity index (χ0n) is 16.3. The molecular formula is C23H20FN3O3. The van der Waals surface area contributed by atoms with Crippen molar-refractivity contribution < 1.29 is 18.7 Å². The van der Waals surface area contributed by atoms with Gasteiger partial charge in [0.15, 0.2) is 0 Å². The zero-order valence-corrected chi connectivity index (χ0v) is 16.3. The van der Waals surface area contributed by atoms with Crippen molar-refractivity contribution in [2.24, 2.45) is 5.10 Å². The van der Waals surface area contributed by atoms with E-state index in [1.807, 2.05) is 12.1 Å². The van der Waals surface area contributed by atoms with Crippen molar-refractivity contribution >= 4 is 23.7 Å². The highest BCUT2D eigenvalue weighted by Crippen LogP contribution is 2.18. The van der Waals surface area contributed by atoms with Crippen LogP contribution >= 0.6 is 0 Å². The number of para-hydroxylation sites is 1. The van der Waals surface area contributed by atoms with Gasteiger partial charge in [-0.2, -0.15) is 5.10 Å². The molecule has 0 radical (unpaired) electrons. The molecule has 2 N–H and O–H groups in total. The van der Waals surface area contributed by atoms with Crippen molar-refractivity contribution in [1.29, 1.82) is 0 Å². The summed E-state index contributed by atoms with van der Waals surface area (Å²) < 4.78 is 18.8. The number of benzene rings is 3. The molecule has 6 nitrogen and oxygen atoms in total. The van der Waals surface area contributed by atoms with Gasteiger partial charge in [0.05, 0.1) is 6.21 Å². The van der Waals surface area contributed by atoms with Crippen LogP contribution in [0.3, 0.4) is 0 Å². The van der Waals surface area contributed by atoms with Crippen molar-refractivity contribution in [3.63, 3.8) is 0 Å². The summed E-state index contributed by atoms with van der Waals surface area (Å²) in [6.45, 7) is 1.67. The maximum absolute atomic E-state index is 13.0. The molecule has 0 atom stereocenters. The lowest BCUT2D eigenvalue weighted by atomic mass is 10.2. The molecule has 152 valence electrons. The maximum atomic E-state index is 13.0. The van der Waals surface area contributed by atoms with E-state index in [9.17, 15) is 14.0 Å². The Kier molecular flexibility index (Phi) is 6.89. The summed E-state index contributed by atoms with van der Waals surface area (Å²) >= 11 is 0. The Morgan fingerprint density at radius 3 is 2.57 bits per heavy atom. The first-order valence-corrected chi connectivity index (χ1v) is 9.18. The van der Waals surface area contributed by atoms with Crippen LogP contribution in [0.4, 0.5) is 10.1 Å². The number of nitrogens with one attached hydrogen (secondary N) is 2. The van der Waals surface area contributed by atoms with E-state index in [-0.39, 0.29) is 18.3 Å². The number of hydrazone groups is 1. The summed E-state index contributed by atoms with van der Waals surface area (Å²) in [5.41, 5.74) is 4.84. The molecule has 0 bridgehead atoms. The van der Waals surface area contributed by atoms with E-state index in [0.717, 1.165) is 5.56 Å². The van der Waals surface area contributed by atoms with Gasteiger partial charge in [-0.1, -0.05) is 30.3 Å². The van der Waals surface area contributed by atoms with Crippen molar-refractivity contribution in [3.8, 4) is 5.75 Å². The van der Waals surface area contributed by atoms with Gasteiger partial charge in [0.2, 0.25) is 5.91 Å². The van der Waals surface area contributed by atoms with E-state index in [1.165, 1.54) is 25.3 Å². The second-order valence-corrected chi connectivity index (χ2v) is 6.41. The lowest BCUT2D eigenvalue weighted by Crippen LogP contribution is -2.18. The van der Waals surface area contributed by atoms with Crippen LogP contribution in [0.2, 0.25) is 0 Å². The zero-order chi connectivity index (χ0) is 21.3. The number of hydrogen-bond donors (Lipinski definition) is 2. The van der Waals surface area contributed by atoms with E-state index in [0.29, 0.717) is 22.6 Å². The molecule has 0 saturated heterocycles. The standard InChI is InChI=1S/C23H20FN3O3/c1-16(28)26-21-7-4-6-18(13-21)23(29)27-25-14-19-5-2-3-8-22(19)30-15-17-9-11-20(24)12-10-17/h2-14H,15H2,1H3,(H,26,28)(H,27,29)/b25-14-. The molecule has 3 rings (SSSR count). The summed E-state index contributed by atoms with van der Waals surface area (Å²) in [5.74, 6) is -0.358. The van der Waals surface area contributed by atoms with Crippen LogP contribution < -0.4 is 15.5 Å². The smallest absolute Gasteiger partial charge is 0.271 e. The molecule has 0 aliphatic rings. The number of halogens is 1. The Morgan fingerprint density at radius 2 is 1.80 bits per heavy atom. The first-order valence-electron chi connectivity index (χ1n) is 9.18. The molecule has 0 saturated carbocycles. The molecular weight excluding hydrogens is 385 g/mol. The Balaban J connectivity index is 1.63. The third-order valence-electron chi connectivity index (χ3n) is 4.04. The van der Waals surface area contributed by atoms with Gasteiger partial charge in [-0.15, -0.1) is 0 Å². The Morgan fingerprint density at radius 1 is 1.03 bits per heavy atom. The number of carbonyl (C=O) groups excluding carboxylic acids is 2. The monoisotopic (exact) mass is 405 g/mol. The van der Waals surface area contributed by atoms with E-state index >= 15 is 0 Å². The first kappa shape index (κ1) is 20.7. The summed E-state index contributed by atoms with van der Waals surface area (Å²) in [4.78, 5) is 23.4. The normalized spacial score (nSPS) is 10.6. The fourth-order valence-electron chi connectivity index (χ4n) is 2.63. The van der Waals surface area contributed by atoms with Crippen LogP contribution in [0.25, 0.3) is 0 Å². The van der Waals surface area contributed by atoms with Crippen LogP contribution in [-0.4, -0.2) is 18.0 Å². The quantitative estimate of drug-likeness (QED) is 0.458. The summed E-state index contributed by atoms with van der Waals surface area (Å²) in [6, 6.07) is 19.8. The van der Waals surface area contributed by atoms with E-state index in [4.69, 9.17) is 4.74 Å². The SMILES string of the molecule is CC(=O)Nc1cccc(C(=O)N/N=C\c2ccccc2OCc2ccc(F)cc2)c1. The number of ether oxygens (including phenoxy) is 1.